The minimum atomic E-state index is -0.995. The molecule has 0 heterocycles. The molecule has 0 saturated carbocycles. The van der Waals surface area contributed by atoms with Crippen molar-refractivity contribution < 1.29 is 19.4 Å². The third-order valence-corrected chi connectivity index (χ3v) is 1.94. The van der Waals surface area contributed by atoms with Crippen LogP contribution in [-0.4, -0.2) is 43.2 Å². The minimum absolute atomic E-state index is 0.0269. The van der Waals surface area contributed by atoms with Crippen molar-refractivity contribution in [3.63, 3.8) is 0 Å². The molecule has 0 spiro atoms. The van der Waals surface area contributed by atoms with Gasteiger partial charge in [-0.05, 0) is 18.5 Å². The number of allylic oxidation sites excluding steroid dienone is 1. The Balaban J connectivity index is 3.94. The molecule has 0 unspecified atom stereocenters. The molecule has 5 nitrogen and oxygen atoms in total. The number of nitrogens with one attached hydrogen (secondary N) is 1. The number of carbonyl (C=O) groups excluding carboxylic acids is 1. The molecule has 98 valence electrons. The van der Waals surface area contributed by atoms with E-state index in [0.717, 1.165) is 0 Å². The molecule has 0 rings (SSSR count). The van der Waals surface area contributed by atoms with Gasteiger partial charge in [0.1, 0.15) is 12.6 Å². The van der Waals surface area contributed by atoms with Gasteiger partial charge < -0.3 is 15.2 Å². The van der Waals surface area contributed by atoms with Gasteiger partial charge >= 0.3 is 5.97 Å². The minimum Gasteiger partial charge on any atom is -0.480 e. The Bertz CT molecular complexity index is 291. The van der Waals surface area contributed by atoms with Crippen molar-refractivity contribution in [2.24, 2.45) is 5.41 Å². The number of hydrogen-bond acceptors (Lipinski definition) is 4. The average molecular weight is 243 g/mol. The van der Waals surface area contributed by atoms with Crippen molar-refractivity contribution in [2.45, 2.75) is 26.8 Å². The molecule has 0 aliphatic carbocycles. The largest absolute Gasteiger partial charge is 0.480 e. The highest BCUT2D eigenvalue weighted by atomic mass is 16.5. The highest BCUT2D eigenvalue weighted by Gasteiger charge is 2.15. The molecule has 0 aromatic rings. The van der Waals surface area contributed by atoms with E-state index in [0.29, 0.717) is 0 Å². The monoisotopic (exact) mass is 243 g/mol. The summed E-state index contributed by atoms with van der Waals surface area (Å²) in [4.78, 5) is 22.0. The molecular formula is C12H21NO4. The van der Waals surface area contributed by atoms with Gasteiger partial charge in [-0.2, -0.15) is 0 Å². The topological polar surface area (TPSA) is 75.6 Å². The summed E-state index contributed by atoms with van der Waals surface area (Å²) in [6.45, 7) is 5.83. The van der Waals surface area contributed by atoms with Crippen molar-refractivity contribution >= 4 is 11.8 Å². The molecule has 0 amide bonds. The summed E-state index contributed by atoms with van der Waals surface area (Å²) in [5.74, 6) is -1.16. The third kappa shape index (κ3) is 8.59. The van der Waals surface area contributed by atoms with Crippen molar-refractivity contribution in [3.05, 3.63) is 12.2 Å². The van der Waals surface area contributed by atoms with Gasteiger partial charge in [0.15, 0.2) is 5.78 Å². The van der Waals surface area contributed by atoms with Crippen LogP contribution in [0.2, 0.25) is 0 Å². The Morgan fingerprint density at radius 1 is 1.41 bits per heavy atom. The average Bonchev–Trinajstić information content (AvgIpc) is 2.20. The number of aliphatic carboxylic acids is 1. The molecule has 5 heteroatoms. The number of rotatable bonds is 7. The molecular weight excluding hydrogens is 222 g/mol. The van der Waals surface area contributed by atoms with Crippen LogP contribution in [0.1, 0.15) is 20.8 Å². The first-order chi connectivity index (χ1) is 7.76. The molecule has 17 heavy (non-hydrogen) atoms. The molecule has 0 aromatic carbocycles. The van der Waals surface area contributed by atoms with Gasteiger partial charge in [0.2, 0.25) is 0 Å². The number of carbonyl (C=O) groups is 2. The first kappa shape index (κ1) is 15.8. The lowest BCUT2D eigenvalue weighted by molar-refractivity contribution is -0.141. The Morgan fingerprint density at radius 3 is 2.41 bits per heavy atom. The lowest BCUT2D eigenvalue weighted by Crippen LogP contribution is -2.38. The number of carboxylic acid groups (broad SMARTS) is 1. The van der Waals surface area contributed by atoms with E-state index in [4.69, 9.17) is 9.84 Å². The molecule has 0 fully saturated rings. The molecule has 1 atom stereocenters. The van der Waals surface area contributed by atoms with Gasteiger partial charge in [0.05, 0.1) is 6.61 Å². The number of likely N-dealkylation sites (N-methyl/N-ethyl adjacent to an activating group) is 1. The lowest BCUT2D eigenvalue weighted by atomic mass is 9.96. The van der Waals surface area contributed by atoms with Crippen LogP contribution in [0.3, 0.4) is 0 Å². The van der Waals surface area contributed by atoms with Crippen LogP contribution < -0.4 is 5.32 Å². The van der Waals surface area contributed by atoms with Gasteiger partial charge in [-0.3, -0.25) is 9.59 Å². The number of ketones is 1. The summed E-state index contributed by atoms with van der Waals surface area (Å²) in [6, 6.07) is -0.783. The fraction of sp³-hybridized carbons (Fsp3) is 0.667. The van der Waals surface area contributed by atoms with Gasteiger partial charge in [0.25, 0.3) is 0 Å². The second kappa shape index (κ2) is 7.19. The summed E-state index contributed by atoms with van der Waals surface area (Å²) >= 11 is 0. The zero-order valence-electron chi connectivity index (χ0n) is 10.8. The number of ether oxygens (including phenoxy) is 1. The molecule has 0 aliphatic rings. The number of hydrogen-bond donors (Lipinski definition) is 2. The van der Waals surface area contributed by atoms with Gasteiger partial charge in [-0.1, -0.05) is 26.8 Å². The Hall–Kier alpha value is -1.20. The van der Waals surface area contributed by atoms with E-state index >= 15 is 0 Å². The maximum absolute atomic E-state index is 11.3. The Morgan fingerprint density at radius 2 is 2.00 bits per heavy atom. The van der Waals surface area contributed by atoms with E-state index in [9.17, 15) is 9.59 Å². The van der Waals surface area contributed by atoms with E-state index in [1.54, 1.807) is 6.08 Å². The van der Waals surface area contributed by atoms with Crippen molar-refractivity contribution in [3.8, 4) is 0 Å². The Kier molecular flexibility index (Phi) is 6.68. The highest BCUT2D eigenvalue weighted by molar-refractivity contribution is 5.90. The van der Waals surface area contributed by atoms with E-state index in [2.05, 4.69) is 5.32 Å². The van der Waals surface area contributed by atoms with Gasteiger partial charge in [-0.25, -0.2) is 0 Å². The third-order valence-electron chi connectivity index (χ3n) is 1.94. The zero-order chi connectivity index (χ0) is 13.5. The lowest BCUT2D eigenvalue weighted by Gasteiger charge is -2.12. The fourth-order valence-electron chi connectivity index (χ4n) is 0.947. The Labute approximate surface area is 102 Å². The van der Waals surface area contributed by atoms with Gasteiger partial charge in [0, 0.05) is 0 Å². The molecule has 2 N–H and O–H groups in total. The summed E-state index contributed by atoms with van der Waals surface area (Å²) < 4.78 is 5.03. The SMILES string of the molecule is CN[C@@H](COCC(=O)/C=C/C(C)(C)C)C(=O)O. The maximum atomic E-state index is 11.3. The first-order valence-electron chi connectivity index (χ1n) is 5.46. The van der Waals surface area contributed by atoms with Crippen LogP contribution in [0.5, 0.6) is 0 Å². The summed E-state index contributed by atoms with van der Waals surface area (Å²) in [7, 11) is 1.53. The van der Waals surface area contributed by atoms with Crippen molar-refractivity contribution in [1.29, 1.82) is 0 Å². The molecule has 0 aliphatic heterocycles. The second-order valence-corrected chi connectivity index (χ2v) is 4.86. The van der Waals surface area contributed by atoms with E-state index in [1.807, 2.05) is 20.8 Å². The normalized spacial score (nSPS) is 13.9. The quantitative estimate of drug-likeness (QED) is 0.648. The van der Waals surface area contributed by atoms with Crippen LogP contribution in [-0.2, 0) is 14.3 Å². The smallest absolute Gasteiger partial charge is 0.323 e. The van der Waals surface area contributed by atoms with Crippen LogP contribution in [0.4, 0.5) is 0 Å². The molecule has 0 saturated heterocycles. The molecule has 0 aromatic heterocycles. The summed E-state index contributed by atoms with van der Waals surface area (Å²) in [6.07, 6.45) is 3.26. The predicted molar refractivity (Wildman–Crippen MR) is 64.9 cm³/mol. The maximum Gasteiger partial charge on any atom is 0.323 e. The second-order valence-electron chi connectivity index (χ2n) is 4.86. The molecule has 0 radical (unpaired) electrons. The zero-order valence-corrected chi connectivity index (χ0v) is 10.8. The van der Waals surface area contributed by atoms with Crippen LogP contribution in [0.25, 0.3) is 0 Å². The van der Waals surface area contributed by atoms with E-state index in [-0.39, 0.29) is 24.4 Å². The highest BCUT2D eigenvalue weighted by Crippen LogP contribution is 2.14. The van der Waals surface area contributed by atoms with Crippen molar-refractivity contribution in [1.82, 2.24) is 5.32 Å². The summed E-state index contributed by atoms with van der Waals surface area (Å²) in [5.41, 5.74) is -0.0514. The van der Waals surface area contributed by atoms with Crippen LogP contribution in [0.15, 0.2) is 12.2 Å². The van der Waals surface area contributed by atoms with Crippen molar-refractivity contribution in [2.75, 3.05) is 20.3 Å². The molecule has 0 bridgehead atoms. The summed E-state index contributed by atoms with van der Waals surface area (Å²) in [5, 5.41) is 11.3. The first-order valence-corrected chi connectivity index (χ1v) is 5.46. The van der Waals surface area contributed by atoms with Crippen LogP contribution in [0, 0.1) is 5.41 Å². The van der Waals surface area contributed by atoms with E-state index in [1.165, 1.54) is 13.1 Å². The van der Waals surface area contributed by atoms with Gasteiger partial charge in [-0.15, -0.1) is 0 Å². The standard InChI is InChI=1S/C12H21NO4/c1-12(2,3)6-5-9(14)7-17-8-10(13-4)11(15)16/h5-6,10,13H,7-8H2,1-4H3,(H,15,16)/b6-5+/t10-/m0/s1. The predicted octanol–water partition coefficient (Wildman–Crippen LogP) is 0.847. The van der Waals surface area contributed by atoms with Crippen LogP contribution >= 0.6 is 0 Å². The number of carboxylic acids is 1. The van der Waals surface area contributed by atoms with E-state index < -0.39 is 12.0 Å². The fourth-order valence-corrected chi connectivity index (χ4v) is 0.947.